The van der Waals surface area contributed by atoms with Crippen LogP contribution < -0.4 is 0 Å². The molecule has 0 saturated carbocycles. The maximum atomic E-state index is 4.02. The van der Waals surface area contributed by atoms with Gasteiger partial charge >= 0.3 is 0 Å². The lowest BCUT2D eigenvalue weighted by atomic mass is 10.1. The summed E-state index contributed by atoms with van der Waals surface area (Å²) >= 11 is 3.53. The second-order valence-corrected chi connectivity index (χ2v) is 6.09. The Labute approximate surface area is 146 Å². The van der Waals surface area contributed by atoms with Crippen LogP contribution in [0.1, 0.15) is 85.0 Å². The van der Waals surface area contributed by atoms with Gasteiger partial charge in [0.15, 0.2) is 0 Å². The Morgan fingerprint density at radius 1 is 0.909 bits per heavy atom. The summed E-state index contributed by atoms with van der Waals surface area (Å²) in [6, 6.07) is 0. The molecule has 0 radical (unpaired) electrons. The van der Waals surface area contributed by atoms with Crippen molar-refractivity contribution in [2.75, 3.05) is 19.3 Å². The highest BCUT2D eigenvalue weighted by molar-refractivity contribution is 7.79. The van der Waals surface area contributed by atoms with Gasteiger partial charge in [-0.3, -0.25) is 0 Å². The van der Waals surface area contributed by atoms with E-state index in [1.807, 2.05) is 0 Å². The molecule has 0 aliphatic carbocycles. The highest BCUT2D eigenvalue weighted by Gasteiger charge is 2.09. The number of likely N-dealkylation sites (tertiary alicyclic amines) is 1. The molecule has 0 N–H and O–H groups in total. The number of hydrogen-bond donors (Lipinski definition) is 1. The average molecular weight is 328 g/mol. The van der Waals surface area contributed by atoms with Crippen molar-refractivity contribution < 1.29 is 0 Å². The van der Waals surface area contributed by atoms with E-state index in [0.717, 1.165) is 6.42 Å². The van der Waals surface area contributed by atoms with Crippen molar-refractivity contribution in [2.24, 2.45) is 0 Å². The van der Waals surface area contributed by atoms with Crippen LogP contribution in [0.25, 0.3) is 0 Å². The third kappa shape index (κ3) is 16.0. The molecule has 0 bridgehead atoms. The zero-order valence-electron chi connectivity index (χ0n) is 15.8. The van der Waals surface area contributed by atoms with Crippen LogP contribution in [0.15, 0.2) is 24.4 Å². The second kappa shape index (κ2) is 18.7. The second-order valence-electron chi connectivity index (χ2n) is 6.09. The molecule has 1 aliphatic rings. The number of thiol groups is 1. The average Bonchev–Trinajstić information content (AvgIpc) is 2.57. The van der Waals surface area contributed by atoms with E-state index in [1.54, 1.807) is 6.26 Å². The number of rotatable bonds is 8. The Balaban J connectivity index is 0. The molecule has 1 fully saturated rings. The van der Waals surface area contributed by atoms with Crippen LogP contribution >= 0.6 is 12.6 Å². The van der Waals surface area contributed by atoms with Crippen molar-refractivity contribution in [3.05, 3.63) is 24.4 Å². The molecule has 2 heteroatoms. The summed E-state index contributed by atoms with van der Waals surface area (Å²) < 4.78 is 0. The van der Waals surface area contributed by atoms with E-state index in [0.29, 0.717) is 0 Å². The monoisotopic (exact) mass is 327 g/mol. The number of hydrogen-bond acceptors (Lipinski definition) is 2. The van der Waals surface area contributed by atoms with Crippen LogP contribution in [0.3, 0.4) is 0 Å². The van der Waals surface area contributed by atoms with E-state index in [-0.39, 0.29) is 0 Å². The summed E-state index contributed by atoms with van der Waals surface area (Å²) in [4.78, 5) is 2.42. The Morgan fingerprint density at radius 2 is 1.45 bits per heavy atom. The topological polar surface area (TPSA) is 3.24 Å². The molecule has 0 amide bonds. The summed E-state index contributed by atoms with van der Waals surface area (Å²) in [5.74, 6) is 0. The number of allylic oxidation sites excluding steroid dienone is 2. The summed E-state index contributed by atoms with van der Waals surface area (Å²) in [6.07, 6.45) is 15.0. The van der Waals surface area contributed by atoms with E-state index < -0.39 is 0 Å². The first-order valence-electron chi connectivity index (χ1n) is 9.13. The van der Waals surface area contributed by atoms with Crippen LogP contribution in [-0.4, -0.2) is 24.2 Å². The summed E-state index contributed by atoms with van der Waals surface area (Å²) in [6.45, 7) is 16.9. The van der Waals surface area contributed by atoms with Crippen LogP contribution in [0.2, 0.25) is 0 Å². The predicted octanol–water partition coefficient (Wildman–Crippen LogP) is 6.87. The lowest BCUT2D eigenvalue weighted by molar-refractivity contribution is 0.280. The number of nitrogens with zero attached hydrogens (tertiary/aromatic N) is 1. The Morgan fingerprint density at radius 3 is 1.91 bits per heavy atom. The summed E-state index contributed by atoms with van der Waals surface area (Å²) in [5, 5.41) is 0. The van der Waals surface area contributed by atoms with Gasteiger partial charge in [0.2, 0.25) is 0 Å². The van der Waals surface area contributed by atoms with Gasteiger partial charge in [-0.05, 0) is 51.7 Å². The zero-order chi connectivity index (χ0) is 17.2. The molecule has 1 rings (SSSR count). The van der Waals surface area contributed by atoms with Gasteiger partial charge in [-0.25, -0.2) is 0 Å². The van der Waals surface area contributed by atoms with Crippen molar-refractivity contribution in [1.29, 1.82) is 0 Å². The maximum absolute atomic E-state index is 4.02. The molecule has 1 saturated heterocycles. The minimum Gasteiger partial charge on any atom is -0.375 e. The minimum absolute atomic E-state index is 1.11. The van der Waals surface area contributed by atoms with Gasteiger partial charge in [0.05, 0.1) is 0 Å². The predicted molar refractivity (Wildman–Crippen MR) is 108 cm³/mol. The first kappa shape index (κ1) is 23.9. The van der Waals surface area contributed by atoms with E-state index in [1.165, 1.54) is 82.1 Å². The van der Waals surface area contributed by atoms with Gasteiger partial charge in [-0.15, -0.1) is 6.58 Å². The number of unbranched alkanes of at least 4 members (excludes halogenated alkanes) is 4. The zero-order valence-corrected chi connectivity index (χ0v) is 16.7. The normalized spacial score (nSPS) is 13.4. The van der Waals surface area contributed by atoms with Crippen molar-refractivity contribution in [1.82, 2.24) is 4.90 Å². The van der Waals surface area contributed by atoms with Crippen molar-refractivity contribution in [3.8, 4) is 0 Å². The van der Waals surface area contributed by atoms with Crippen LogP contribution in [0, 0.1) is 0 Å². The fraction of sp³-hybridized carbons (Fsp3) is 0.800. The molecule has 0 aromatic heterocycles. The molecule has 0 aromatic carbocycles. The first-order valence-corrected chi connectivity index (χ1v) is 10.0. The van der Waals surface area contributed by atoms with E-state index >= 15 is 0 Å². The fourth-order valence-electron chi connectivity index (χ4n) is 2.46. The molecule has 0 atom stereocenters. The Bertz CT molecular complexity index is 254. The molecule has 22 heavy (non-hydrogen) atoms. The van der Waals surface area contributed by atoms with Gasteiger partial charge in [0.25, 0.3) is 0 Å². The highest BCUT2D eigenvalue weighted by Crippen LogP contribution is 2.14. The standard InChI is InChI=1S/C10H20.C9H17N.CH4S/c1-4-5-6-7-8-9-10(2)3;1-3-9(2)10-7-5-4-6-8-10;1-2/h2,4-9H2,1,3H3;2-8H2,1H3;2H,1H3. The van der Waals surface area contributed by atoms with Gasteiger partial charge in [0, 0.05) is 18.8 Å². The lowest BCUT2D eigenvalue weighted by Gasteiger charge is -2.29. The summed E-state index contributed by atoms with van der Waals surface area (Å²) in [5.41, 5.74) is 2.65. The molecular formula is C20H41NS. The molecule has 0 unspecified atom stereocenters. The molecule has 1 aliphatic heterocycles. The van der Waals surface area contributed by atoms with Crippen molar-refractivity contribution in [3.63, 3.8) is 0 Å². The van der Waals surface area contributed by atoms with E-state index in [9.17, 15) is 0 Å². The van der Waals surface area contributed by atoms with Gasteiger partial charge < -0.3 is 4.90 Å². The quantitative estimate of drug-likeness (QED) is 0.289. The lowest BCUT2D eigenvalue weighted by Crippen LogP contribution is -2.28. The minimum atomic E-state index is 1.11. The van der Waals surface area contributed by atoms with Crippen LogP contribution in [0.4, 0.5) is 0 Å². The Kier molecular flexibility index (Phi) is 20.3. The van der Waals surface area contributed by atoms with E-state index in [4.69, 9.17) is 0 Å². The van der Waals surface area contributed by atoms with E-state index in [2.05, 4.69) is 51.5 Å². The highest BCUT2D eigenvalue weighted by atomic mass is 32.1. The smallest absolute Gasteiger partial charge is 0.0174 e. The molecule has 0 spiro atoms. The Hall–Kier alpha value is -0.370. The van der Waals surface area contributed by atoms with Crippen molar-refractivity contribution >= 4 is 12.6 Å². The largest absolute Gasteiger partial charge is 0.375 e. The summed E-state index contributed by atoms with van der Waals surface area (Å²) in [7, 11) is 0. The molecule has 132 valence electrons. The van der Waals surface area contributed by atoms with Crippen LogP contribution in [0.5, 0.6) is 0 Å². The van der Waals surface area contributed by atoms with Crippen molar-refractivity contribution in [2.45, 2.75) is 85.0 Å². The molecular weight excluding hydrogens is 286 g/mol. The molecule has 1 nitrogen and oxygen atoms in total. The number of piperidine rings is 1. The fourth-order valence-corrected chi connectivity index (χ4v) is 2.46. The maximum Gasteiger partial charge on any atom is 0.0174 e. The van der Waals surface area contributed by atoms with Gasteiger partial charge in [-0.1, -0.05) is 51.7 Å². The first-order chi connectivity index (χ1) is 10.6. The van der Waals surface area contributed by atoms with Crippen LogP contribution in [-0.2, 0) is 0 Å². The SMILES string of the molecule is C=C(C)CCCCCCC.C=C(CC)N1CCCCC1.CS. The molecule has 1 heterocycles. The third-order valence-corrected chi connectivity index (χ3v) is 3.92. The molecule has 0 aromatic rings. The third-order valence-electron chi connectivity index (χ3n) is 3.92. The van der Waals surface area contributed by atoms with Gasteiger partial charge in [-0.2, -0.15) is 12.6 Å². The van der Waals surface area contributed by atoms with Gasteiger partial charge in [0.1, 0.15) is 0 Å².